The van der Waals surface area contributed by atoms with Crippen LogP contribution in [0.15, 0.2) is 206 Å². The highest BCUT2D eigenvalue weighted by atomic mass is 15.0. The Hall–Kier alpha value is -8.88. The second kappa shape index (κ2) is 17.4. The van der Waals surface area contributed by atoms with E-state index in [2.05, 4.69) is 108 Å². The Morgan fingerprint density at radius 3 is 1.36 bits per heavy atom. The summed E-state index contributed by atoms with van der Waals surface area (Å²) < 4.78 is 0. The molecule has 0 radical (unpaired) electrons. The Morgan fingerprint density at radius 1 is 0.258 bits per heavy atom. The van der Waals surface area contributed by atoms with E-state index in [1.807, 2.05) is 117 Å². The first-order valence-electron chi connectivity index (χ1n) is 21.8. The highest BCUT2D eigenvalue weighted by molar-refractivity contribution is 5.96. The summed E-state index contributed by atoms with van der Waals surface area (Å²) in [6.45, 7) is 3.93. The number of aromatic nitrogens is 8. The molecule has 8 nitrogen and oxygen atoms in total. The van der Waals surface area contributed by atoms with Crippen LogP contribution in [0.1, 0.15) is 11.5 Å². The van der Waals surface area contributed by atoms with Gasteiger partial charge in [-0.1, -0.05) is 188 Å². The van der Waals surface area contributed by atoms with Gasteiger partial charge in [-0.05, 0) is 65.1 Å². The quantitative estimate of drug-likeness (QED) is 0.141. The molecular weight excluding hydrogens is 809 g/mol. The van der Waals surface area contributed by atoms with Crippen LogP contribution in [0.2, 0.25) is 0 Å². The average Bonchev–Trinajstić information content (AvgIpc) is 3.38. The van der Waals surface area contributed by atoms with Crippen molar-refractivity contribution in [3.8, 4) is 102 Å². The number of hydrogen-bond acceptors (Lipinski definition) is 8. The largest absolute Gasteiger partial charge is 0.239 e. The van der Waals surface area contributed by atoms with Crippen molar-refractivity contribution < 1.29 is 0 Å². The summed E-state index contributed by atoms with van der Waals surface area (Å²) >= 11 is 0. The van der Waals surface area contributed by atoms with Crippen molar-refractivity contribution in [2.45, 2.75) is 13.8 Å². The maximum absolute atomic E-state index is 5.28. The van der Waals surface area contributed by atoms with Crippen LogP contribution in [0.25, 0.3) is 113 Å². The summed E-state index contributed by atoms with van der Waals surface area (Å²) in [7, 11) is 0. The van der Waals surface area contributed by atoms with Gasteiger partial charge in [-0.2, -0.15) is 0 Å². The summed E-state index contributed by atoms with van der Waals surface area (Å²) in [6.07, 6.45) is 0. The minimum atomic E-state index is 0.570. The van der Waals surface area contributed by atoms with Gasteiger partial charge in [0, 0.05) is 44.6 Å². The Bertz CT molecular complexity index is 3480. The smallest absolute Gasteiger partial charge is 0.164 e. The summed E-state index contributed by atoms with van der Waals surface area (Å²) in [6, 6.07) is 70.1. The highest BCUT2D eigenvalue weighted by Crippen LogP contribution is 2.41. The third kappa shape index (κ3) is 7.99. The molecule has 0 unspecified atom stereocenters. The van der Waals surface area contributed by atoms with Crippen molar-refractivity contribution in [1.82, 2.24) is 39.9 Å². The molecule has 0 saturated heterocycles. The van der Waals surface area contributed by atoms with Crippen LogP contribution in [0.3, 0.4) is 0 Å². The van der Waals surface area contributed by atoms with E-state index in [9.17, 15) is 0 Å². The van der Waals surface area contributed by atoms with Gasteiger partial charge in [-0.3, -0.25) is 0 Å². The monoisotopic (exact) mass is 848 g/mol. The highest BCUT2D eigenvalue weighted by Gasteiger charge is 2.21. The lowest BCUT2D eigenvalue weighted by molar-refractivity contribution is 1.02. The van der Waals surface area contributed by atoms with Gasteiger partial charge < -0.3 is 0 Å². The Kier molecular flexibility index (Phi) is 10.5. The maximum atomic E-state index is 5.28. The molecule has 0 atom stereocenters. The number of nitrogens with zero attached hydrogens (tertiary/aromatic N) is 8. The predicted octanol–water partition coefficient (Wildman–Crippen LogP) is 13.6. The van der Waals surface area contributed by atoms with E-state index in [-0.39, 0.29) is 0 Å². The number of rotatable bonds is 9. The first kappa shape index (κ1) is 39.9. The van der Waals surface area contributed by atoms with Crippen LogP contribution >= 0.6 is 0 Å². The van der Waals surface area contributed by atoms with Crippen molar-refractivity contribution in [3.63, 3.8) is 0 Å². The fourth-order valence-corrected chi connectivity index (χ4v) is 8.47. The molecule has 3 heterocycles. The van der Waals surface area contributed by atoms with Gasteiger partial charge in [0.05, 0.1) is 5.69 Å². The lowest BCUT2D eigenvalue weighted by Crippen LogP contribution is -2.02. The molecule has 0 spiro atoms. The van der Waals surface area contributed by atoms with Crippen molar-refractivity contribution in [2.24, 2.45) is 0 Å². The molecule has 8 aromatic carbocycles. The van der Waals surface area contributed by atoms with Crippen LogP contribution in [0, 0.1) is 13.8 Å². The Balaban J connectivity index is 1.11. The van der Waals surface area contributed by atoms with Gasteiger partial charge in [-0.15, -0.1) is 0 Å². The average molecular weight is 849 g/mol. The van der Waals surface area contributed by atoms with Gasteiger partial charge in [0.1, 0.15) is 5.82 Å². The van der Waals surface area contributed by atoms with E-state index in [1.165, 1.54) is 0 Å². The molecule has 11 rings (SSSR count). The number of benzene rings is 8. The fourth-order valence-electron chi connectivity index (χ4n) is 8.47. The molecule has 0 amide bonds. The summed E-state index contributed by atoms with van der Waals surface area (Å²) in [5.41, 5.74) is 12.0. The molecule has 3 aromatic heterocycles. The van der Waals surface area contributed by atoms with Crippen LogP contribution in [-0.4, -0.2) is 39.9 Å². The molecule has 8 heteroatoms. The lowest BCUT2D eigenvalue weighted by Gasteiger charge is -2.17. The molecule has 0 aliphatic carbocycles. The predicted molar refractivity (Wildman–Crippen MR) is 265 cm³/mol. The van der Waals surface area contributed by atoms with Crippen molar-refractivity contribution >= 4 is 10.8 Å². The minimum Gasteiger partial charge on any atom is -0.239 e. The zero-order valence-electron chi connectivity index (χ0n) is 36.2. The van der Waals surface area contributed by atoms with E-state index in [1.54, 1.807) is 0 Å². The number of aryl methyl sites for hydroxylation is 2. The third-order valence-electron chi connectivity index (χ3n) is 11.6. The number of hydrogen-bond donors (Lipinski definition) is 0. The van der Waals surface area contributed by atoms with E-state index >= 15 is 0 Å². The second-order valence-electron chi connectivity index (χ2n) is 16.1. The molecule has 0 bridgehead atoms. The van der Waals surface area contributed by atoms with Crippen molar-refractivity contribution in [1.29, 1.82) is 0 Å². The lowest BCUT2D eigenvalue weighted by atomic mass is 9.89. The molecule has 0 N–H and O–H groups in total. The topological polar surface area (TPSA) is 103 Å². The molecule has 312 valence electrons. The van der Waals surface area contributed by atoms with Crippen LogP contribution in [0.5, 0.6) is 0 Å². The van der Waals surface area contributed by atoms with Crippen LogP contribution < -0.4 is 0 Å². The minimum absolute atomic E-state index is 0.570. The molecule has 0 aliphatic rings. The van der Waals surface area contributed by atoms with Crippen LogP contribution in [-0.2, 0) is 0 Å². The normalized spacial score (nSPS) is 11.2. The number of fused-ring (bicyclic) bond motifs is 1. The van der Waals surface area contributed by atoms with Crippen LogP contribution in [0.4, 0.5) is 0 Å². The molecule has 66 heavy (non-hydrogen) atoms. The molecule has 11 aromatic rings. The van der Waals surface area contributed by atoms with Gasteiger partial charge in [0.25, 0.3) is 0 Å². The first-order chi connectivity index (χ1) is 32.5. The zero-order valence-corrected chi connectivity index (χ0v) is 36.2. The molecule has 0 aliphatic heterocycles. The maximum Gasteiger partial charge on any atom is 0.164 e. The third-order valence-corrected chi connectivity index (χ3v) is 11.6. The van der Waals surface area contributed by atoms with E-state index < -0.39 is 0 Å². The van der Waals surface area contributed by atoms with Gasteiger partial charge in [-0.25, -0.2) is 39.9 Å². The fraction of sp³-hybridized carbons (Fsp3) is 0.0345. The Labute approximate surface area is 382 Å². The summed E-state index contributed by atoms with van der Waals surface area (Å²) in [5, 5.41) is 2.19. The van der Waals surface area contributed by atoms with E-state index in [0.29, 0.717) is 40.8 Å². The zero-order chi connectivity index (χ0) is 44.4. The van der Waals surface area contributed by atoms with E-state index in [4.69, 9.17) is 34.9 Å². The van der Waals surface area contributed by atoms with E-state index in [0.717, 1.165) is 83.4 Å². The van der Waals surface area contributed by atoms with Gasteiger partial charge in [0.15, 0.2) is 34.9 Å². The first-order valence-corrected chi connectivity index (χ1v) is 21.8. The van der Waals surface area contributed by atoms with Gasteiger partial charge in [0.2, 0.25) is 0 Å². The summed E-state index contributed by atoms with van der Waals surface area (Å²) in [5.74, 6) is 4.26. The SMILES string of the molecule is Cc1cc(-c2ccc(-c3ccccc3-c3nc(-c4ccccc4)nc(-c4cccc5ccccc45)n3)c(-c3cccc(-c4nc(-c5ccccc5)nc(-c5ccccc5)n4)c3)c2)nc(C)n1. The second-order valence-corrected chi connectivity index (χ2v) is 16.1. The standard InChI is InChI=1S/C58H40N8/c1-37-34-52(60-38(2)59-37)44-32-33-48(51(36-44)43-26-16-27-45(35-43)56-62-53(40-19-6-3-7-20-40)61-54(63-56)41-21-8-4-9-22-41)47-29-14-15-30-50(47)58-65-55(42-23-10-5-11-24-42)64-57(66-58)49-31-17-25-39-18-12-13-28-46(39)49/h3-36H,1-2H3. The van der Waals surface area contributed by atoms with Gasteiger partial charge >= 0.3 is 0 Å². The Morgan fingerprint density at radius 2 is 0.712 bits per heavy atom. The summed E-state index contributed by atoms with van der Waals surface area (Å²) in [4.78, 5) is 40.2. The molecule has 0 fully saturated rings. The molecule has 0 saturated carbocycles. The van der Waals surface area contributed by atoms with Crippen molar-refractivity contribution in [3.05, 3.63) is 218 Å². The van der Waals surface area contributed by atoms with Crippen molar-refractivity contribution in [2.75, 3.05) is 0 Å². The molecular formula is C58H40N8.